The van der Waals surface area contributed by atoms with Gasteiger partial charge >= 0.3 is 0 Å². The van der Waals surface area contributed by atoms with Crippen molar-refractivity contribution >= 4 is 28.5 Å². The fourth-order valence-corrected chi connectivity index (χ4v) is 3.21. The Bertz CT molecular complexity index is 638. The molecule has 0 aliphatic carbocycles. The molecule has 0 spiro atoms. The number of aromatic nitrogens is 2. The Hall–Kier alpha value is -1.74. The van der Waals surface area contributed by atoms with Gasteiger partial charge in [0.1, 0.15) is 11.2 Å². The van der Waals surface area contributed by atoms with Crippen LogP contribution in [0.1, 0.15) is 40.4 Å². The third-order valence-electron chi connectivity index (χ3n) is 4.24. The molecule has 1 aliphatic heterocycles. The average Bonchev–Trinajstić information content (AvgIpc) is 3.02. The smallest absolute Gasteiger partial charge is 0.235 e. The third kappa shape index (κ3) is 4.46. The zero-order chi connectivity index (χ0) is 18.8. The molecule has 2 heterocycles. The summed E-state index contributed by atoms with van der Waals surface area (Å²) < 4.78 is 10.00. The van der Waals surface area contributed by atoms with Crippen molar-refractivity contribution in [3.63, 3.8) is 0 Å². The summed E-state index contributed by atoms with van der Waals surface area (Å²) in [6, 6.07) is -0.0675. The van der Waals surface area contributed by atoms with E-state index in [-0.39, 0.29) is 11.5 Å². The largest absolute Gasteiger partial charge is 0.377 e. The van der Waals surface area contributed by atoms with Crippen LogP contribution in [0.25, 0.3) is 0 Å². The summed E-state index contributed by atoms with van der Waals surface area (Å²) in [7, 11) is 0. The van der Waals surface area contributed by atoms with Crippen molar-refractivity contribution in [1.82, 2.24) is 14.7 Å². The molecule has 0 radical (unpaired) electrons. The molecule has 2 amide bonds. The molecule has 1 atom stereocenters. The maximum absolute atomic E-state index is 12.2. The van der Waals surface area contributed by atoms with Crippen molar-refractivity contribution in [3.05, 3.63) is 5.82 Å². The fraction of sp³-hybridized carbons (Fsp3) is 0.750. The van der Waals surface area contributed by atoms with Crippen LogP contribution in [-0.2, 0) is 19.7 Å². The Morgan fingerprint density at radius 3 is 2.60 bits per heavy atom. The summed E-state index contributed by atoms with van der Waals surface area (Å²) in [5, 5.41) is 3.63. The molecule has 1 saturated heterocycles. The van der Waals surface area contributed by atoms with Gasteiger partial charge in [-0.15, -0.1) is 0 Å². The van der Waals surface area contributed by atoms with Gasteiger partial charge in [0, 0.05) is 30.0 Å². The van der Waals surface area contributed by atoms with Crippen LogP contribution in [0.2, 0.25) is 0 Å². The van der Waals surface area contributed by atoms with Crippen LogP contribution in [0.3, 0.4) is 0 Å². The number of anilines is 1. The highest BCUT2D eigenvalue weighted by atomic mass is 32.1. The van der Waals surface area contributed by atoms with E-state index in [1.807, 2.05) is 0 Å². The van der Waals surface area contributed by atoms with Crippen LogP contribution in [0.5, 0.6) is 0 Å². The van der Waals surface area contributed by atoms with Crippen LogP contribution in [0, 0.1) is 5.41 Å². The van der Waals surface area contributed by atoms with Gasteiger partial charge in [0.25, 0.3) is 0 Å². The van der Waals surface area contributed by atoms with Crippen molar-refractivity contribution < 1.29 is 14.3 Å². The molecule has 8 nitrogen and oxygen atoms in total. The number of morpholine rings is 1. The zero-order valence-electron chi connectivity index (χ0n) is 15.5. The van der Waals surface area contributed by atoms with E-state index in [0.717, 1.165) is 11.0 Å². The van der Waals surface area contributed by atoms with Gasteiger partial charge in [-0.1, -0.05) is 20.8 Å². The SMILES string of the molecule is CC(C)(C(N)=O)C(=O)NCC1COCCN1c1nc(C(C)(C)C)ns1. The lowest BCUT2D eigenvalue weighted by atomic mass is 9.91. The summed E-state index contributed by atoms with van der Waals surface area (Å²) in [6.45, 7) is 11.3. The van der Waals surface area contributed by atoms with E-state index in [9.17, 15) is 9.59 Å². The molecule has 1 aliphatic rings. The Morgan fingerprint density at radius 2 is 2.04 bits per heavy atom. The second-order valence-corrected chi connectivity index (χ2v) is 8.50. The molecule has 1 fully saturated rings. The van der Waals surface area contributed by atoms with E-state index in [4.69, 9.17) is 10.5 Å². The molecule has 0 aromatic carbocycles. The molecular formula is C16H27N5O3S. The number of ether oxygens (including phenoxy) is 1. The van der Waals surface area contributed by atoms with Gasteiger partial charge in [-0.2, -0.15) is 4.37 Å². The van der Waals surface area contributed by atoms with E-state index in [1.165, 1.54) is 25.4 Å². The first-order valence-electron chi connectivity index (χ1n) is 8.30. The van der Waals surface area contributed by atoms with Crippen molar-refractivity contribution in [1.29, 1.82) is 0 Å². The molecule has 1 aromatic heterocycles. The third-order valence-corrected chi connectivity index (χ3v) is 4.99. The molecule has 1 unspecified atom stereocenters. The Balaban J connectivity index is 2.07. The van der Waals surface area contributed by atoms with Crippen molar-refractivity contribution in [3.8, 4) is 0 Å². The quantitative estimate of drug-likeness (QED) is 0.738. The van der Waals surface area contributed by atoms with Crippen LogP contribution in [0.15, 0.2) is 0 Å². The Kier molecular flexibility index (Phi) is 5.68. The van der Waals surface area contributed by atoms with Crippen LogP contribution >= 0.6 is 11.5 Å². The summed E-state index contributed by atoms with van der Waals surface area (Å²) >= 11 is 1.35. The highest BCUT2D eigenvalue weighted by Crippen LogP contribution is 2.27. The monoisotopic (exact) mass is 369 g/mol. The van der Waals surface area contributed by atoms with Crippen LogP contribution in [-0.4, -0.2) is 53.5 Å². The maximum atomic E-state index is 12.2. The lowest BCUT2D eigenvalue weighted by molar-refractivity contribution is -0.139. The van der Waals surface area contributed by atoms with Gasteiger partial charge in [-0.25, -0.2) is 4.98 Å². The van der Waals surface area contributed by atoms with Crippen molar-refractivity contribution in [2.24, 2.45) is 11.1 Å². The van der Waals surface area contributed by atoms with E-state index >= 15 is 0 Å². The number of hydrogen-bond acceptors (Lipinski definition) is 7. The number of amides is 2. The summed E-state index contributed by atoms with van der Waals surface area (Å²) in [5.74, 6) is -0.240. The predicted molar refractivity (Wildman–Crippen MR) is 96.5 cm³/mol. The lowest BCUT2D eigenvalue weighted by Crippen LogP contribution is -2.54. The molecule has 0 bridgehead atoms. The number of nitrogens with zero attached hydrogens (tertiary/aromatic N) is 3. The van der Waals surface area contributed by atoms with Crippen molar-refractivity contribution in [2.75, 3.05) is 31.2 Å². The number of nitrogens with two attached hydrogens (primary N) is 1. The number of nitrogens with one attached hydrogen (secondary N) is 1. The molecule has 0 saturated carbocycles. The Morgan fingerprint density at radius 1 is 1.36 bits per heavy atom. The minimum Gasteiger partial charge on any atom is -0.377 e. The first-order chi connectivity index (χ1) is 11.5. The molecule has 25 heavy (non-hydrogen) atoms. The molecule has 1 aromatic rings. The second kappa shape index (κ2) is 7.25. The highest BCUT2D eigenvalue weighted by molar-refractivity contribution is 7.09. The number of carbonyl (C=O) groups is 2. The number of rotatable bonds is 5. The fourth-order valence-electron chi connectivity index (χ4n) is 2.26. The molecule has 2 rings (SSSR count). The molecule has 140 valence electrons. The van der Waals surface area contributed by atoms with Gasteiger partial charge in [-0.05, 0) is 13.8 Å². The summed E-state index contributed by atoms with van der Waals surface area (Å²) in [5.41, 5.74) is 3.93. The van der Waals surface area contributed by atoms with E-state index in [2.05, 4.69) is 40.3 Å². The first kappa shape index (κ1) is 19.6. The average molecular weight is 369 g/mol. The van der Waals surface area contributed by atoms with E-state index in [0.29, 0.717) is 26.3 Å². The summed E-state index contributed by atoms with van der Waals surface area (Å²) in [4.78, 5) is 30.4. The van der Waals surface area contributed by atoms with Gasteiger partial charge in [-0.3, -0.25) is 9.59 Å². The van der Waals surface area contributed by atoms with Crippen molar-refractivity contribution in [2.45, 2.75) is 46.1 Å². The van der Waals surface area contributed by atoms with Gasteiger partial charge < -0.3 is 20.7 Å². The minimum atomic E-state index is -1.25. The minimum absolute atomic E-state index is 0.0675. The number of hydrogen-bond donors (Lipinski definition) is 2. The molecule has 3 N–H and O–H groups in total. The maximum Gasteiger partial charge on any atom is 0.235 e. The topological polar surface area (TPSA) is 110 Å². The normalized spacial score (nSPS) is 18.9. The van der Waals surface area contributed by atoms with Crippen LogP contribution in [0.4, 0.5) is 5.13 Å². The second-order valence-electron chi connectivity index (χ2n) is 7.77. The Labute approximate surface area is 152 Å². The zero-order valence-corrected chi connectivity index (χ0v) is 16.3. The van der Waals surface area contributed by atoms with E-state index in [1.54, 1.807) is 0 Å². The summed E-state index contributed by atoms with van der Waals surface area (Å²) in [6.07, 6.45) is 0. The number of carbonyl (C=O) groups excluding carboxylic acids is 2. The molecule has 9 heteroatoms. The van der Waals surface area contributed by atoms with Gasteiger partial charge in [0.05, 0.1) is 19.3 Å². The first-order valence-corrected chi connectivity index (χ1v) is 9.07. The van der Waals surface area contributed by atoms with Gasteiger partial charge in [0.2, 0.25) is 16.9 Å². The van der Waals surface area contributed by atoms with Gasteiger partial charge in [0.15, 0.2) is 0 Å². The van der Waals surface area contributed by atoms with E-state index < -0.39 is 17.2 Å². The lowest BCUT2D eigenvalue weighted by Gasteiger charge is -2.35. The predicted octanol–water partition coefficient (Wildman–Crippen LogP) is 0.669. The van der Waals surface area contributed by atoms with Crippen LogP contribution < -0.4 is 16.0 Å². The standard InChI is InChI=1S/C16H27N5O3S/c1-15(2,3)12-19-14(25-20-12)21-6-7-24-9-10(21)8-18-13(23)16(4,5)11(17)22/h10H,6-9H2,1-5H3,(H2,17,22)(H,18,23). The molecular weight excluding hydrogens is 342 g/mol. The highest BCUT2D eigenvalue weighted by Gasteiger charge is 2.35. The number of primary amides is 1.